The van der Waals surface area contributed by atoms with Crippen LogP contribution in [0.15, 0.2) is 24.3 Å². The molecule has 0 fully saturated rings. The van der Waals surface area contributed by atoms with Gasteiger partial charge in [-0.1, -0.05) is 24.3 Å². The van der Waals surface area contributed by atoms with E-state index < -0.39 is 0 Å². The molecule has 70 valence electrons. The number of hydrogen-bond acceptors (Lipinski definition) is 2. The number of fused-ring (bicyclic) bond motifs is 1. The Morgan fingerprint density at radius 2 is 1.92 bits per heavy atom. The molecule has 0 spiro atoms. The quantitative estimate of drug-likeness (QED) is 0.684. The Morgan fingerprint density at radius 3 is 2.46 bits per heavy atom. The molecule has 2 heteroatoms. The second-order valence-electron chi connectivity index (χ2n) is 3.37. The summed E-state index contributed by atoms with van der Waals surface area (Å²) < 4.78 is 5.07. The highest BCUT2D eigenvalue weighted by Crippen LogP contribution is 2.29. The Morgan fingerprint density at radius 1 is 1.31 bits per heavy atom. The fourth-order valence-corrected chi connectivity index (χ4v) is 2.72. The molecule has 0 saturated heterocycles. The van der Waals surface area contributed by atoms with Gasteiger partial charge in [-0.3, -0.25) is 0 Å². The summed E-state index contributed by atoms with van der Waals surface area (Å²) >= 11 is 1.92. The van der Waals surface area contributed by atoms with Gasteiger partial charge in [0.05, 0.1) is 5.94 Å². The van der Waals surface area contributed by atoms with Gasteiger partial charge < -0.3 is 4.74 Å². The molecule has 0 unspecified atom stereocenters. The fourth-order valence-electron chi connectivity index (χ4n) is 1.80. The second kappa shape index (κ2) is 4.16. The topological polar surface area (TPSA) is 9.23 Å². The summed E-state index contributed by atoms with van der Waals surface area (Å²) in [6.45, 7) is 0. The molecule has 1 nitrogen and oxygen atoms in total. The molecular weight excluding hydrogens is 180 g/mol. The first-order chi connectivity index (χ1) is 6.40. The van der Waals surface area contributed by atoms with Crippen LogP contribution in [0, 0.1) is 0 Å². The van der Waals surface area contributed by atoms with Crippen molar-refractivity contribution in [3.63, 3.8) is 0 Å². The normalized spacial score (nSPS) is 16.1. The molecule has 0 atom stereocenters. The smallest absolute Gasteiger partial charge is 0.0920 e. The van der Waals surface area contributed by atoms with Crippen molar-refractivity contribution in [2.75, 3.05) is 13.0 Å². The van der Waals surface area contributed by atoms with E-state index in [1.807, 2.05) is 11.8 Å². The number of methoxy groups -OCH3 is 1. The molecule has 1 aliphatic rings. The van der Waals surface area contributed by atoms with Crippen LogP contribution in [0.2, 0.25) is 0 Å². The van der Waals surface area contributed by atoms with Crippen molar-refractivity contribution in [3.05, 3.63) is 35.4 Å². The molecule has 1 aromatic carbocycles. The van der Waals surface area contributed by atoms with Crippen molar-refractivity contribution in [3.8, 4) is 0 Å². The highest BCUT2D eigenvalue weighted by molar-refractivity contribution is 7.99. The average Bonchev–Trinajstić information content (AvgIpc) is 2.57. The maximum atomic E-state index is 5.07. The average molecular weight is 194 g/mol. The summed E-state index contributed by atoms with van der Waals surface area (Å²) in [6.07, 6.45) is 2.42. The Balaban J connectivity index is 1.97. The molecule has 0 N–H and O–H groups in total. The minimum atomic E-state index is 0.734. The zero-order chi connectivity index (χ0) is 9.10. The van der Waals surface area contributed by atoms with Gasteiger partial charge in [-0.05, 0) is 24.0 Å². The van der Waals surface area contributed by atoms with E-state index in [0.29, 0.717) is 0 Å². The van der Waals surface area contributed by atoms with Gasteiger partial charge in [0.25, 0.3) is 0 Å². The molecular formula is C11H14OS. The number of thioether (sulfide) groups is 1. The Bertz CT molecular complexity index is 260. The predicted molar refractivity (Wildman–Crippen MR) is 57.1 cm³/mol. The third kappa shape index (κ3) is 2.06. The lowest BCUT2D eigenvalue weighted by Gasteiger charge is -2.06. The molecule has 1 aliphatic carbocycles. The van der Waals surface area contributed by atoms with Crippen molar-refractivity contribution in [1.82, 2.24) is 0 Å². The Kier molecular flexibility index (Phi) is 2.91. The van der Waals surface area contributed by atoms with Crippen LogP contribution in [0.4, 0.5) is 0 Å². The molecule has 0 bridgehead atoms. The molecule has 2 rings (SSSR count). The number of rotatable bonds is 3. The maximum Gasteiger partial charge on any atom is 0.0920 e. The van der Waals surface area contributed by atoms with Crippen LogP contribution in [0.25, 0.3) is 0 Å². The molecule has 0 aliphatic heterocycles. The van der Waals surface area contributed by atoms with Crippen LogP contribution in [-0.4, -0.2) is 18.3 Å². The first-order valence-electron chi connectivity index (χ1n) is 4.57. The molecule has 0 amide bonds. The minimum absolute atomic E-state index is 0.734. The molecule has 13 heavy (non-hydrogen) atoms. The zero-order valence-electron chi connectivity index (χ0n) is 7.82. The molecule has 0 radical (unpaired) electrons. The fraction of sp³-hybridized carbons (Fsp3) is 0.455. The van der Waals surface area contributed by atoms with Gasteiger partial charge >= 0.3 is 0 Å². The number of ether oxygens (including phenoxy) is 1. The number of hydrogen-bond donors (Lipinski definition) is 0. The SMILES string of the molecule is COCSC1Cc2ccccc2C1. The van der Waals surface area contributed by atoms with Crippen molar-refractivity contribution in [1.29, 1.82) is 0 Å². The van der Waals surface area contributed by atoms with E-state index in [9.17, 15) is 0 Å². The summed E-state index contributed by atoms with van der Waals surface area (Å²) in [5.74, 6) is 0.818. The lowest BCUT2D eigenvalue weighted by Crippen LogP contribution is -2.02. The highest BCUT2D eigenvalue weighted by atomic mass is 32.2. The minimum Gasteiger partial charge on any atom is -0.374 e. The number of benzene rings is 1. The maximum absolute atomic E-state index is 5.07. The lowest BCUT2D eigenvalue weighted by atomic mass is 10.1. The van der Waals surface area contributed by atoms with E-state index in [1.165, 1.54) is 24.0 Å². The standard InChI is InChI=1S/C11H14OS/c1-12-8-13-11-6-9-4-2-3-5-10(9)7-11/h2-5,11H,6-8H2,1H3. The first kappa shape index (κ1) is 9.10. The van der Waals surface area contributed by atoms with Gasteiger partial charge in [0, 0.05) is 12.4 Å². The summed E-state index contributed by atoms with van der Waals surface area (Å²) in [5, 5.41) is 0.734. The summed E-state index contributed by atoms with van der Waals surface area (Å²) in [6, 6.07) is 8.73. The van der Waals surface area contributed by atoms with Gasteiger partial charge in [-0.25, -0.2) is 0 Å². The molecule has 1 aromatic rings. The largest absolute Gasteiger partial charge is 0.374 e. The van der Waals surface area contributed by atoms with Gasteiger partial charge in [0.2, 0.25) is 0 Å². The summed E-state index contributed by atoms with van der Waals surface area (Å²) in [5.41, 5.74) is 3.05. The Labute approximate surface area is 83.5 Å². The van der Waals surface area contributed by atoms with Crippen LogP contribution in [0.5, 0.6) is 0 Å². The van der Waals surface area contributed by atoms with Crippen molar-refractivity contribution in [2.24, 2.45) is 0 Å². The van der Waals surface area contributed by atoms with Crippen molar-refractivity contribution in [2.45, 2.75) is 18.1 Å². The molecule has 0 aromatic heterocycles. The molecule has 0 saturated carbocycles. The van der Waals surface area contributed by atoms with Crippen LogP contribution in [0.1, 0.15) is 11.1 Å². The first-order valence-corrected chi connectivity index (χ1v) is 5.62. The summed E-state index contributed by atoms with van der Waals surface area (Å²) in [4.78, 5) is 0. The third-order valence-corrected chi connectivity index (χ3v) is 3.61. The lowest BCUT2D eigenvalue weighted by molar-refractivity contribution is 0.258. The van der Waals surface area contributed by atoms with E-state index >= 15 is 0 Å². The van der Waals surface area contributed by atoms with Crippen LogP contribution < -0.4 is 0 Å². The van der Waals surface area contributed by atoms with Gasteiger partial charge in [0.15, 0.2) is 0 Å². The van der Waals surface area contributed by atoms with Crippen LogP contribution in [-0.2, 0) is 17.6 Å². The van der Waals surface area contributed by atoms with Gasteiger partial charge in [0.1, 0.15) is 0 Å². The summed E-state index contributed by atoms with van der Waals surface area (Å²) in [7, 11) is 1.76. The molecule has 0 heterocycles. The van der Waals surface area contributed by atoms with E-state index in [2.05, 4.69) is 24.3 Å². The van der Waals surface area contributed by atoms with E-state index in [-0.39, 0.29) is 0 Å². The third-order valence-electron chi connectivity index (χ3n) is 2.44. The van der Waals surface area contributed by atoms with Gasteiger partial charge in [-0.2, -0.15) is 0 Å². The van der Waals surface area contributed by atoms with Crippen molar-refractivity contribution >= 4 is 11.8 Å². The Hall–Kier alpha value is -0.470. The highest BCUT2D eigenvalue weighted by Gasteiger charge is 2.20. The zero-order valence-corrected chi connectivity index (χ0v) is 8.64. The van der Waals surface area contributed by atoms with Crippen molar-refractivity contribution < 1.29 is 4.74 Å². The van der Waals surface area contributed by atoms with E-state index in [0.717, 1.165) is 11.2 Å². The van der Waals surface area contributed by atoms with E-state index in [1.54, 1.807) is 7.11 Å². The predicted octanol–water partition coefficient (Wildman–Crippen LogP) is 2.49. The van der Waals surface area contributed by atoms with E-state index in [4.69, 9.17) is 4.74 Å². The van der Waals surface area contributed by atoms with Crippen LogP contribution >= 0.6 is 11.8 Å². The second-order valence-corrected chi connectivity index (χ2v) is 4.61. The van der Waals surface area contributed by atoms with Crippen LogP contribution in [0.3, 0.4) is 0 Å². The van der Waals surface area contributed by atoms with Gasteiger partial charge in [-0.15, -0.1) is 11.8 Å². The monoisotopic (exact) mass is 194 g/mol.